The summed E-state index contributed by atoms with van der Waals surface area (Å²) in [5.74, 6) is 0.560. The fraction of sp³-hybridized carbons (Fsp3) is 0.0588. The van der Waals surface area contributed by atoms with Crippen LogP contribution in [0.4, 0.5) is 5.69 Å². The Bertz CT molecular complexity index is 748. The number of hydrogen-bond acceptors (Lipinski definition) is 4. The number of nitrogens with one attached hydrogen (secondary N) is 1. The standard InChI is InChI=1S/C17H14N2O2/c1-21-16-9-5-4-8-14(16)18-19-17-13-7-3-2-6-12(13)10-11-15(17)20/h2-11,18H,1H3/b19-17+. The number of carbonyl (C=O) groups excluding carboxylic acids is 1. The van der Waals surface area contributed by atoms with Gasteiger partial charge in [-0.1, -0.05) is 42.5 Å². The third-order valence-electron chi connectivity index (χ3n) is 3.26. The van der Waals surface area contributed by atoms with Crippen LogP contribution in [0.25, 0.3) is 6.08 Å². The van der Waals surface area contributed by atoms with Crippen LogP contribution in [-0.4, -0.2) is 18.6 Å². The summed E-state index contributed by atoms with van der Waals surface area (Å²) >= 11 is 0. The number of benzene rings is 2. The van der Waals surface area contributed by atoms with E-state index in [0.717, 1.165) is 11.1 Å². The highest BCUT2D eigenvalue weighted by molar-refractivity contribution is 6.52. The Morgan fingerprint density at radius 1 is 1.00 bits per heavy atom. The summed E-state index contributed by atoms with van der Waals surface area (Å²) in [6.07, 6.45) is 3.34. The summed E-state index contributed by atoms with van der Waals surface area (Å²) in [5.41, 5.74) is 5.84. The first-order valence-corrected chi connectivity index (χ1v) is 6.58. The van der Waals surface area contributed by atoms with E-state index in [0.29, 0.717) is 17.1 Å². The Balaban J connectivity index is 1.96. The first-order valence-electron chi connectivity index (χ1n) is 6.58. The summed E-state index contributed by atoms with van der Waals surface area (Å²) in [7, 11) is 1.59. The number of nitrogens with zero attached hydrogens (tertiary/aromatic N) is 1. The number of anilines is 1. The Labute approximate surface area is 122 Å². The number of ether oxygens (including phenoxy) is 1. The zero-order valence-corrected chi connectivity index (χ0v) is 11.5. The summed E-state index contributed by atoms with van der Waals surface area (Å²) in [5, 5.41) is 4.27. The van der Waals surface area contributed by atoms with Gasteiger partial charge in [0.15, 0.2) is 0 Å². The molecule has 21 heavy (non-hydrogen) atoms. The van der Waals surface area contributed by atoms with E-state index in [1.807, 2.05) is 48.5 Å². The van der Waals surface area contributed by atoms with Crippen molar-refractivity contribution in [3.8, 4) is 5.75 Å². The van der Waals surface area contributed by atoms with Gasteiger partial charge in [0.05, 0.1) is 12.8 Å². The average Bonchev–Trinajstić information content (AvgIpc) is 2.54. The third-order valence-corrected chi connectivity index (χ3v) is 3.26. The number of fused-ring (bicyclic) bond motifs is 1. The van der Waals surface area contributed by atoms with E-state index >= 15 is 0 Å². The van der Waals surface area contributed by atoms with E-state index in [-0.39, 0.29) is 5.78 Å². The lowest BCUT2D eigenvalue weighted by molar-refractivity contribution is -0.108. The van der Waals surface area contributed by atoms with E-state index in [1.165, 1.54) is 6.08 Å². The third kappa shape index (κ3) is 2.56. The van der Waals surface area contributed by atoms with Crippen LogP contribution in [-0.2, 0) is 4.79 Å². The molecule has 1 aliphatic rings. The molecule has 2 aromatic rings. The van der Waals surface area contributed by atoms with Crippen LogP contribution in [0.5, 0.6) is 5.75 Å². The molecule has 0 bridgehead atoms. The van der Waals surface area contributed by atoms with Gasteiger partial charge in [0.25, 0.3) is 0 Å². The zero-order valence-electron chi connectivity index (χ0n) is 11.5. The fourth-order valence-corrected chi connectivity index (χ4v) is 2.20. The van der Waals surface area contributed by atoms with E-state index in [4.69, 9.17) is 4.74 Å². The Morgan fingerprint density at radius 3 is 2.62 bits per heavy atom. The maximum atomic E-state index is 12.0. The minimum absolute atomic E-state index is 0.115. The number of ketones is 1. The van der Waals surface area contributed by atoms with E-state index in [9.17, 15) is 4.79 Å². The molecular formula is C17H14N2O2. The van der Waals surface area contributed by atoms with Crippen LogP contribution in [0.3, 0.4) is 0 Å². The van der Waals surface area contributed by atoms with Gasteiger partial charge in [-0.05, 0) is 23.8 Å². The highest BCUT2D eigenvalue weighted by atomic mass is 16.5. The molecule has 4 nitrogen and oxygen atoms in total. The van der Waals surface area contributed by atoms with Crippen molar-refractivity contribution in [2.45, 2.75) is 0 Å². The smallest absolute Gasteiger partial charge is 0.206 e. The lowest BCUT2D eigenvalue weighted by Gasteiger charge is -2.13. The molecule has 0 atom stereocenters. The first kappa shape index (κ1) is 13.1. The van der Waals surface area contributed by atoms with Crippen molar-refractivity contribution < 1.29 is 9.53 Å². The van der Waals surface area contributed by atoms with Gasteiger partial charge in [-0.15, -0.1) is 0 Å². The molecule has 0 spiro atoms. The van der Waals surface area contributed by atoms with Crippen molar-refractivity contribution in [3.05, 3.63) is 65.7 Å². The molecule has 0 unspecified atom stereocenters. The molecule has 104 valence electrons. The van der Waals surface area contributed by atoms with Crippen molar-refractivity contribution >= 4 is 23.3 Å². The topological polar surface area (TPSA) is 50.7 Å². The number of hydrogen-bond donors (Lipinski definition) is 1. The molecule has 0 fully saturated rings. The molecular weight excluding hydrogens is 264 g/mol. The maximum absolute atomic E-state index is 12.0. The highest BCUT2D eigenvalue weighted by Crippen LogP contribution is 2.24. The Morgan fingerprint density at radius 2 is 1.76 bits per heavy atom. The molecule has 2 aromatic carbocycles. The monoisotopic (exact) mass is 278 g/mol. The van der Waals surface area contributed by atoms with Crippen LogP contribution in [0.15, 0.2) is 59.7 Å². The normalized spacial score (nSPS) is 14.9. The Hall–Kier alpha value is -2.88. The minimum Gasteiger partial charge on any atom is -0.495 e. The van der Waals surface area contributed by atoms with Crippen LogP contribution in [0.2, 0.25) is 0 Å². The molecule has 4 heteroatoms. The van der Waals surface area contributed by atoms with Crippen LogP contribution in [0, 0.1) is 0 Å². The fourth-order valence-electron chi connectivity index (χ4n) is 2.20. The van der Waals surface area contributed by atoms with Crippen molar-refractivity contribution in [1.82, 2.24) is 0 Å². The van der Waals surface area contributed by atoms with Gasteiger partial charge in [0, 0.05) is 5.56 Å². The molecule has 1 aliphatic carbocycles. The molecule has 0 saturated heterocycles. The highest BCUT2D eigenvalue weighted by Gasteiger charge is 2.18. The zero-order chi connectivity index (χ0) is 14.7. The number of hydrazone groups is 1. The second-order valence-electron chi connectivity index (χ2n) is 4.56. The predicted octanol–water partition coefficient (Wildman–Crippen LogP) is 3.11. The SMILES string of the molecule is COc1ccccc1N/N=C1/C(=O)C=Cc2ccccc21. The van der Waals surface area contributed by atoms with Crippen molar-refractivity contribution in [1.29, 1.82) is 0 Å². The molecule has 1 N–H and O–H groups in total. The molecule has 0 amide bonds. The van der Waals surface area contributed by atoms with Gasteiger partial charge in [-0.25, -0.2) is 0 Å². The maximum Gasteiger partial charge on any atom is 0.206 e. The number of carbonyl (C=O) groups is 1. The second-order valence-corrected chi connectivity index (χ2v) is 4.56. The average molecular weight is 278 g/mol. The van der Waals surface area contributed by atoms with Crippen LogP contribution < -0.4 is 10.2 Å². The molecule has 0 heterocycles. The van der Waals surface area contributed by atoms with E-state index < -0.39 is 0 Å². The number of methoxy groups -OCH3 is 1. The first-order chi connectivity index (χ1) is 10.3. The molecule has 0 aliphatic heterocycles. The van der Waals surface area contributed by atoms with Crippen LogP contribution in [0.1, 0.15) is 11.1 Å². The summed E-state index contributed by atoms with van der Waals surface area (Å²) in [4.78, 5) is 12.0. The van der Waals surface area contributed by atoms with E-state index in [2.05, 4.69) is 10.5 Å². The quantitative estimate of drug-likeness (QED) is 0.878. The Kier molecular flexibility index (Phi) is 3.51. The van der Waals surface area contributed by atoms with Crippen LogP contribution >= 0.6 is 0 Å². The van der Waals surface area contributed by atoms with Gasteiger partial charge in [-0.2, -0.15) is 5.10 Å². The summed E-state index contributed by atoms with van der Waals surface area (Å²) in [6, 6.07) is 15.1. The summed E-state index contributed by atoms with van der Waals surface area (Å²) in [6.45, 7) is 0. The molecule has 0 radical (unpaired) electrons. The van der Waals surface area contributed by atoms with Crippen molar-refractivity contribution in [2.24, 2.45) is 5.10 Å². The van der Waals surface area contributed by atoms with E-state index in [1.54, 1.807) is 13.2 Å². The lowest BCUT2D eigenvalue weighted by atomic mass is 9.95. The van der Waals surface area contributed by atoms with Gasteiger partial charge in [-0.3, -0.25) is 10.2 Å². The molecule has 0 saturated carbocycles. The van der Waals surface area contributed by atoms with Gasteiger partial charge < -0.3 is 4.74 Å². The predicted molar refractivity (Wildman–Crippen MR) is 83.6 cm³/mol. The number of allylic oxidation sites excluding steroid dienone is 1. The van der Waals surface area contributed by atoms with Crippen molar-refractivity contribution in [3.63, 3.8) is 0 Å². The van der Waals surface area contributed by atoms with Gasteiger partial charge >= 0.3 is 0 Å². The molecule has 0 aromatic heterocycles. The number of rotatable bonds is 3. The van der Waals surface area contributed by atoms with Crippen molar-refractivity contribution in [2.75, 3.05) is 12.5 Å². The minimum atomic E-state index is -0.115. The summed E-state index contributed by atoms with van der Waals surface area (Å²) < 4.78 is 5.25. The second kappa shape index (κ2) is 5.63. The largest absolute Gasteiger partial charge is 0.495 e. The number of para-hydroxylation sites is 2. The molecule has 3 rings (SSSR count). The van der Waals surface area contributed by atoms with Gasteiger partial charge in [0.1, 0.15) is 11.5 Å². The lowest BCUT2D eigenvalue weighted by Crippen LogP contribution is -2.19. The van der Waals surface area contributed by atoms with Gasteiger partial charge in [0.2, 0.25) is 5.78 Å².